The van der Waals surface area contributed by atoms with Gasteiger partial charge in [-0.05, 0) is 39.0 Å². The second kappa shape index (κ2) is 12.6. The molecule has 4 N–H and O–H groups in total. The minimum Gasteiger partial charge on any atom is -0.356 e. The van der Waals surface area contributed by atoms with Crippen molar-refractivity contribution in [1.29, 1.82) is 0 Å². The van der Waals surface area contributed by atoms with E-state index in [0.717, 1.165) is 0 Å². The molecular formula is C21H30F6N4O6. The molecule has 0 aromatic rings. The average Bonchev–Trinajstić information content (AvgIpc) is 3.13. The molecule has 4 amide bonds. The van der Waals surface area contributed by atoms with Crippen molar-refractivity contribution >= 4 is 29.4 Å². The highest BCUT2D eigenvalue weighted by Gasteiger charge is 2.49. The van der Waals surface area contributed by atoms with Gasteiger partial charge in [-0.2, -0.15) is 13.2 Å². The van der Waals surface area contributed by atoms with E-state index in [2.05, 4.69) is 15.4 Å². The maximum atomic E-state index is 13.0. The molecule has 16 heteroatoms. The molecule has 1 aliphatic heterocycles. The maximum absolute atomic E-state index is 13.0. The molecule has 1 saturated heterocycles. The standard InChI is InChI=1S/C21H30F6N4O6/c1-10(2)7-13(30-17(35)18(36)31-19(3,4)20(22,23)24)16(34)29-12(8-11-5-6-28-15(11)33)14(32)9-37-21(25,26)27/h10-13H,5-9H2,1-4H3,(H,28,33)(H,29,34)(H,30,35)(H,31,36)/t11-,12-,13-/m0/s1. The molecule has 1 aliphatic rings. The number of carbonyl (C=O) groups is 5. The number of halogens is 6. The van der Waals surface area contributed by atoms with E-state index in [4.69, 9.17) is 0 Å². The first kappa shape index (κ1) is 32.1. The van der Waals surface area contributed by atoms with Gasteiger partial charge < -0.3 is 21.3 Å². The fourth-order valence-corrected chi connectivity index (χ4v) is 3.29. The van der Waals surface area contributed by atoms with Crippen molar-refractivity contribution in [3.8, 4) is 0 Å². The second-order valence-electron chi connectivity index (χ2n) is 9.51. The van der Waals surface area contributed by atoms with Gasteiger partial charge in [0.15, 0.2) is 5.78 Å². The number of hydrogen-bond acceptors (Lipinski definition) is 6. The third kappa shape index (κ3) is 10.5. The Morgan fingerprint density at radius 1 is 1.00 bits per heavy atom. The Balaban J connectivity index is 3.03. The van der Waals surface area contributed by atoms with E-state index in [-0.39, 0.29) is 31.7 Å². The van der Waals surface area contributed by atoms with Crippen LogP contribution in [0.2, 0.25) is 0 Å². The van der Waals surface area contributed by atoms with Crippen LogP contribution >= 0.6 is 0 Å². The molecule has 3 atom stereocenters. The van der Waals surface area contributed by atoms with Crippen LogP contribution in [0, 0.1) is 11.8 Å². The van der Waals surface area contributed by atoms with Crippen LogP contribution in [0.5, 0.6) is 0 Å². The van der Waals surface area contributed by atoms with Gasteiger partial charge in [-0.1, -0.05) is 13.8 Å². The van der Waals surface area contributed by atoms with E-state index in [1.54, 1.807) is 13.8 Å². The largest absolute Gasteiger partial charge is 0.522 e. The molecule has 0 aliphatic carbocycles. The van der Waals surface area contributed by atoms with Crippen LogP contribution in [0.15, 0.2) is 0 Å². The number of nitrogens with one attached hydrogen (secondary N) is 4. The Kier molecular flexibility index (Phi) is 10.9. The zero-order valence-electron chi connectivity index (χ0n) is 20.6. The molecule has 1 rings (SSSR count). The highest BCUT2D eigenvalue weighted by Crippen LogP contribution is 2.29. The molecule has 10 nitrogen and oxygen atoms in total. The zero-order valence-corrected chi connectivity index (χ0v) is 20.6. The van der Waals surface area contributed by atoms with Gasteiger partial charge in [-0.3, -0.25) is 28.7 Å². The monoisotopic (exact) mass is 548 g/mol. The summed E-state index contributed by atoms with van der Waals surface area (Å²) in [6.07, 6.45) is -10.3. The molecule has 37 heavy (non-hydrogen) atoms. The summed E-state index contributed by atoms with van der Waals surface area (Å²) in [4.78, 5) is 61.5. The first-order valence-corrected chi connectivity index (χ1v) is 11.2. The van der Waals surface area contributed by atoms with Crippen molar-refractivity contribution in [2.45, 2.75) is 77.1 Å². The summed E-state index contributed by atoms with van der Waals surface area (Å²) in [5.41, 5.74) is -2.77. The quantitative estimate of drug-likeness (QED) is 0.225. The predicted octanol–water partition coefficient (Wildman–Crippen LogP) is 1.09. The minimum atomic E-state index is -5.14. The van der Waals surface area contributed by atoms with Gasteiger partial charge in [0.2, 0.25) is 11.8 Å². The second-order valence-corrected chi connectivity index (χ2v) is 9.51. The summed E-state index contributed by atoms with van der Waals surface area (Å²) < 4.78 is 79.8. The number of amides is 4. The number of Topliss-reactive ketones (excluding diaryl/α,β-unsaturated/α-hetero) is 1. The van der Waals surface area contributed by atoms with Crippen molar-refractivity contribution < 1.29 is 55.1 Å². The van der Waals surface area contributed by atoms with Crippen LogP contribution in [0.1, 0.15) is 47.0 Å². The summed E-state index contributed by atoms with van der Waals surface area (Å²) in [6.45, 7) is 3.26. The normalized spacial score (nSPS) is 18.1. The van der Waals surface area contributed by atoms with E-state index in [1.807, 2.05) is 5.32 Å². The molecule has 1 heterocycles. The van der Waals surface area contributed by atoms with Crippen molar-refractivity contribution in [2.75, 3.05) is 13.2 Å². The van der Waals surface area contributed by atoms with Crippen molar-refractivity contribution in [3.63, 3.8) is 0 Å². The van der Waals surface area contributed by atoms with E-state index in [0.29, 0.717) is 13.8 Å². The molecule has 0 spiro atoms. The molecule has 0 aromatic carbocycles. The Morgan fingerprint density at radius 2 is 1.59 bits per heavy atom. The van der Waals surface area contributed by atoms with Gasteiger partial charge in [0.05, 0.1) is 6.04 Å². The average molecular weight is 548 g/mol. The van der Waals surface area contributed by atoms with E-state index < -0.39 is 72.1 Å². The van der Waals surface area contributed by atoms with Crippen LogP contribution < -0.4 is 21.3 Å². The summed E-state index contributed by atoms with van der Waals surface area (Å²) >= 11 is 0. The smallest absolute Gasteiger partial charge is 0.356 e. The molecule has 0 saturated carbocycles. The lowest BCUT2D eigenvalue weighted by atomic mass is 9.95. The van der Waals surface area contributed by atoms with Crippen molar-refractivity contribution in [3.05, 3.63) is 0 Å². The number of ketones is 1. The van der Waals surface area contributed by atoms with Crippen LogP contribution in [-0.4, -0.2) is 72.7 Å². The van der Waals surface area contributed by atoms with Gasteiger partial charge in [-0.15, -0.1) is 13.2 Å². The van der Waals surface area contributed by atoms with Crippen molar-refractivity contribution in [2.24, 2.45) is 11.8 Å². The van der Waals surface area contributed by atoms with E-state index in [9.17, 15) is 50.3 Å². The fraction of sp³-hybridized carbons (Fsp3) is 0.762. The Hall–Kier alpha value is -2.91. The van der Waals surface area contributed by atoms with Gasteiger partial charge in [0.1, 0.15) is 18.2 Å². The molecule has 0 bridgehead atoms. The van der Waals surface area contributed by atoms with Gasteiger partial charge >= 0.3 is 24.4 Å². The molecule has 0 aromatic heterocycles. The van der Waals surface area contributed by atoms with Gasteiger partial charge in [0, 0.05) is 12.5 Å². The molecular weight excluding hydrogens is 518 g/mol. The number of carbonyl (C=O) groups excluding carboxylic acids is 5. The summed E-state index contributed by atoms with van der Waals surface area (Å²) in [6, 6.07) is -3.16. The number of alkyl halides is 6. The molecule has 0 radical (unpaired) electrons. The van der Waals surface area contributed by atoms with Gasteiger partial charge in [-0.25, -0.2) is 0 Å². The predicted molar refractivity (Wildman–Crippen MR) is 114 cm³/mol. The van der Waals surface area contributed by atoms with Crippen molar-refractivity contribution in [1.82, 2.24) is 21.3 Å². The molecule has 0 unspecified atom stereocenters. The van der Waals surface area contributed by atoms with Crippen LogP contribution in [0.3, 0.4) is 0 Å². The topological polar surface area (TPSA) is 143 Å². The third-order valence-corrected chi connectivity index (χ3v) is 5.44. The van der Waals surface area contributed by atoms with Crippen LogP contribution in [0.25, 0.3) is 0 Å². The minimum absolute atomic E-state index is 0.141. The fourth-order valence-electron chi connectivity index (χ4n) is 3.29. The lowest BCUT2D eigenvalue weighted by molar-refractivity contribution is -0.321. The molecule has 212 valence electrons. The van der Waals surface area contributed by atoms with E-state index >= 15 is 0 Å². The lowest BCUT2D eigenvalue weighted by Gasteiger charge is -2.29. The summed E-state index contributed by atoms with van der Waals surface area (Å²) in [5, 5.41) is 8.16. The molecule has 1 fully saturated rings. The number of hydrogen-bond donors (Lipinski definition) is 4. The Labute approximate surface area is 208 Å². The summed E-state index contributed by atoms with van der Waals surface area (Å²) in [5.74, 6) is -7.13. The Bertz CT molecular complexity index is 875. The highest BCUT2D eigenvalue weighted by atomic mass is 19.4. The first-order chi connectivity index (χ1) is 16.7. The maximum Gasteiger partial charge on any atom is 0.522 e. The van der Waals surface area contributed by atoms with Crippen LogP contribution in [-0.2, 0) is 28.7 Å². The third-order valence-electron chi connectivity index (χ3n) is 5.44. The van der Waals surface area contributed by atoms with E-state index in [1.165, 1.54) is 5.32 Å². The summed E-state index contributed by atoms with van der Waals surface area (Å²) in [7, 11) is 0. The number of ether oxygens (including phenoxy) is 1. The zero-order chi connectivity index (χ0) is 28.8. The lowest BCUT2D eigenvalue weighted by Crippen LogP contribution is -2.60. The Morgan fingerprint density at radius 3 is 2.05 bits per heavy atom. The number of rotatable bonds is 11. The SMILES string of the molecule is CC(C)C[C@H](NC(=O)C(=O)NC(C)(C)C(F)(F)F)C(=O)N[C@@H](C[C@@H]1CCNC1=O)C(=O)COC(F)(F)F. The van der Waals surface area contributed by atoms with Gasteiger partial charge in [0.25, 0.3) is 0 Å². The van der Waals surface area contributed by atoms with Crippen LogP contribution in [0.4, 0.5) is 26.3 Å². The highest BCUT2D eigenvalue weighted by molar-refractivity contribution is 6.35. The first-order valence-electron chi connectivity index (χ1n) is 11.2.